The van der Waals surface area contributed by atoms with Crippen LogP contribution in [-0.4, -0.2) is 27.2 Å². The van der Waals surface area contributed by atoms with Crippen molar-refractivity contribution >= 4 is 16.6 Å². The number of halogens is 2. The minimum atomic E-state index is -0.924. The lowest BCUT2D eigenvalue weighted by Gasteiger charge is -2.22. The van der Waals surface area contributed by atoms with Gasteiger partial charge in [0.15, 0.2) is 11.6 Å². The molecular weight excluding hydrogens is 326 g/mol. The van der Waals surface area contributed by atoms with E-state index in [2.05, 4.69) is 15.3 Å². The van der Waals surface area contributed by atoms with Crippen LogP contribution in [0.1, 0.15) is 24.0 Å². The second-order valence-corrected chi connectivity index (χ2v) is 6.30. The fourth-order valence-electron chi connectivity index (χ4n) is 3.32. The maximum atomic E-state index is 14.1. The number of nitrogens with one attached hydrogen (secondary N) is 1. The van der Waals surface area contributed by atoms with Gasteiger partial charge in [0.2, 0.25) is 0 Å². The summed E-state index contributed by atoms with van der Waals surface area (Å²) in [6.45, 7) is 2.37. The van der Waals surface area contributed by atoms with E-state index < -0.39 is 11.6 Å². The predicted octanol–water partition coefficient (Wildman–Crippen LogP) is 3.50. The van der Waals surface area contributed by atoms with Crippen LogP contribution in [0.15, 0.2) is 30.6 Å². The molecule has 0 saturated carbocycles. The molecule has 0 spiro atoms. The Balaban J connectivity index is 1.73. The summed E-state index contributed by atoms with van der Waals surface area (Å²) in [6, 6.07) is 4.50. The Hall–Kier alpha value is -2.54. The molecule has 0 radical (unpaired) electrons. The van der Waals surface area contributed by atoms with E-state index in [4.69, 9.17) is 4.74 Å². The van der Waals surface area contributed by atoms with Gasteiger partial charge in [0.05, 0.1) is 6.04 Å². The van der Waals surface area contributed by atoms with Crippen molar-refractivity contribution < 1.29 is 13.5 Å². The number of nitrogens with zero attached hydrogens (tertiary/aromatic N) is 3. The number of aromatic nitrogens is 3. The lowest BCUT2D eigenvalue weighted by molar-refractivity contribution is 0.0984. The molecule has 5 nitrogen and oxygen atoms in total. The summed E-state index contributed by atoms with van der Waals surface area (Å²) in [6.07, 6.45) is 4.20. The van der Waals surface area contributed by atoms with Crippen LogP contribution >= 0.6 is 0 Å². The first-order valence-corrected chi connectivity index (χ1v) is 8.15. The molecular formula is C18H18F2N4O. The van der Waals surface area contributed by atoms with Gasteiger partial charge in [-0.1, -0.05) is 0 Å². The lowest BCUT2D eigenvalue weighted by atomic mass is 10.1. The topological polar surface area (TPSA) is 52.0 Å². The van der Waals surface area contributed by atoms with Crippen LogP contribution in [0.2, 0.25) is 0 Å². The number of rotatable bonds is 3. The smallest absolute Gasteiger partial charge is 0.185 e. The first-order valence-electron chi connectivity index (χ1n) is 8.15. The third kappa shape index (κ3) is 2.74. The normalized spacial score (nSPS) is 20.3. The molecule has 1 aliphatic rings. The highest BCUT2D eigenvalue weighted by Gasteiger charge is 2.32. The average Bonchev–Trinajstić information content (AvgIpc) is 3.20. The molecule has 0 bridgehead atoms. The number of imidazole rings is 1. The van der Waals surface area contributed by atoms with E-state index in [1.165, 1.54) is 0 Å². The van der Waals surface area contributed by atoms with Gasteiger partial charge in [0.25, 0.3) is 0 Å². The third-order valence-corrected chi connectivity index (χ3v) is 4.55. The van der Waals surface area contributed by atoms with Gasteiger partial charge in [-0.3, -0.25) is 0 Å². The molecule has 25 heavy (non-hydrogen) atoms. The van der Waals surface area contributed by atoms with Crippen molar-refractivity contribution in [3.8, 4) is 0 Å². The quantitative estimate of drug-likeness (QED) is 0.790. The third-order valence-electron chi connectivity index (χ3n) is 4.55. The van der Waals surface area contributed by atoms with Gasteiger partial charge in [-0.2, -0.15) is 0 Å². The maximum absolute atomic E-state index is 14.1. The van der Waals surface area contributed by atoms with E-state index in [1.54, 1.807) is 19.2 Å². The van der Waals surface area contributed by atoms with Crippen molar-refractivity contribution in [2.45, 2.75) is 25.5 Å². The first-order chi connectivity index (χ1) is 12.0. The van der Waals surface area contributed by atoms with Crippen molar-refractivity contribution in [1.82, 2.24) is 14.5 Å². The zero-order chi connectivity index (χ0) is 17.6. The van der Waals surface area contributed by atoms with E-state index in [9.17, 15) is 8.78 Å². The predicted molar refractivity (Wildman–Crippen MR) is 90.3 cm³/mol. The lowest BCUT2D eigenvalue weighted by Crippen LogP contribution is -2.25. The fourth-order valence-corrected chi connectivity index (χ4v) is 3.32. The molecule has 130 valence electrons. The maximum Gasteiger partial charge on any atom is 0.185 e. The number of hydrogen-bond donors (Lipinski definition) is 1. The van der Waals surface area contributed by atoms with E-state index in [1.807, 2.05) is 23.9 Å². The Bertz CT molecular complexity index is 940. The number of hydrogen-bond acceptors (Lipinski definition) is 4. The van der Waals surface area contributed by atoms with Gasteiger partial charge in [0.1, 0.15) is 17.4 Å². The van der Waals surface area contributed by atoms with Gasteiger partial charge < -0.3 is 14.6 Å². The summed E-state index contributed by atoms with van der Waals surface area (Å²) in [5.41, 5.74) is 1.37. The number of benzene rings is 1. The van der Waals surface area contributed by atoms with E-state index in [0.717, 1.165) is 24.0 Å². The number of fused-ring (bicyclic) bond motifs is 1. The van der Waals surface area contributed by atoms with Gasteiger partial charge in [-0.25, -0.2) is 18.7 Å². The van der Waals surface area contributed by atoms with Crippen molar-refractivity contribution in [3.05, 3.63) is 53.7 Å². The highest BCUT2D eigenvalue weighted by Crippen LogP contribution is 2.33. The molecule has 0 unspecified atom stereocenters. The number of ether oxygens (including phenoxy) is 1. The molecule has 2 aromatic heterocycles. The summed E-state index contributed by atoms with van der Waals surface area (Å²) in [5.74, 6) is -0.985. The highest BCUT2D eigenvalue weighted by atomic mass is 19.2. The van der Waals surface area contributed by atoms with Crippen molar-refractivity contribution in [1.29, 1.82) is 0 Å². The fraction of sp³-hybridized carbons (Fsp3) is 0.333. The molecule has 1 saturated heterocycles. The number of aryl methyl sites for hydroxylation is 2. The van der Waals surface area contributed by atoms with Crippen LogP contribution in [0.25, 0.3) is 10.9 Å². The van der Waals surface area contributed by atoms with Crippen molar-refractivity contribution in [2.24, 2.45) is 7.05 Å². The summed E-state index contributed by atoms with van der Waals surface area (Å²) in [4.78, 5) is 8.52. The summed E-state index contributed by atoms with van der Waals surface area (Å²) < 4.78 is 35.4. The molecule has 3 aromatic rings. The average molecular weight is 344 g/mol. The van der Waals surface area contributed by atoms with Gasteiger partial charge in [0, 0.05) is 42.8 Å². The van der Waals surface area contributed by atoms with Crippen LogP contribution in [0.3, 0.4) is 0 Å². The Labute approximate surface area is 143 Å². The summed E-state index contributed by atoms with van der Waals surface area (Å²) >= 11 is 0. The largest absolute Gasteiger partial charge is 0.379 e. The van der Waals surface area contributed by atoms with E-state index in [-0.39, 0.29) is 17.7 Å². The van der Waals surface area contributed by atoms with Gasteiger partial charge >= 0.3 is 0 Å². The zero-order valence-electron chi connectivity index (χ0n) is 14.0. The molecule has 0 aliphatic carbocycles. The SMILES string of the molecule is Cc1cc(N[C@H]2CCO[C@@H]2c2nccn2C)c2ccc(F)c(F)c2n1. The first kappa shape index (κ1) is 16.0. The van der Waals surface area contributed by atoms with Crippen molar-refractivity contribution in [3.63, 3.8) is 0 Å². The Morgan fingerprint density at radius 1 is 1.32 bits per heavy atom. The second kappa shape index (κ2) is 6.07. The molecule has 4 rings (SSSR count). The molecule has 1 aromatic carbocycles. The van der Waals surface area contributed by atoms with E-state index in [0.29, 0.717) is 17.7 Å². The second-order valence-electron chi connectivity index (χ2n) is 6.30. The van der Waals surface area contributed by atoms with Gasteiger partial charge in [-0.15, -0.1) is 0 Å². The van der Waals surface area contributed by atoms with Crippen LogP contribution in [-0.2, 0) is 11.8 Å². The minimum absolute atomic E-state index is 0.0146. The Kier molecular flexibility index (Phi) is 3.88. The molecule has 2 atom stereocenters. The molecule has 0 amide bonds. The van der Waals surface area contributed by atoms with Crippen molar-refractivity contribution in [2.75, 3.05) is 11.9 Å². The Morgan fingerprint density at radius 2 is 2.16 bits per heavy atom. The number of pyridine rings is 1. The molecule has 1 N–H and O–H groups in total. The summed E-state index contributed by atoms with van der Waals surface area (Å²) in [5, 5.41) is 3.98. The van der Waals surface area contributed by atoms with Crippen LogP contribution in [0, 0.1) is 18.6 Å². The summed E-state index contributed by atoms with van der Waals surface area (Å²) in [7, 11) is 1.92. The molecule has 1 aliphatic heterocycles. The minimum Gasteiger partial charge on any atom is -0.379 e. The van der Waals surface area contributed by atoms with Crippen LogP contribution in [0.4, 0.5) is 14.5 Å². The standard InChI is InChI=1S/C18H18F2N4O/c1-10-9-14(11-3-4-12(19)15(20)16(11)22-10)23-13-5-8-25-17(13)18-21-6-7-24(18)2/h3-4,6-7,9,13,17H,5,8H2,1-2H3,(H,22,23)/t13-,17-/m0/s1. The highest BCUT2D eigenvalue weighted by molar-refractivity contribution is 5.92. The number of anilines is 1. The molecule has 1 fully saturated rings. The van der Waals surface area contributed by atoms with Crippen LogP contribution in [0.5, 0.6) is 0 Å². The van der Waals surface area contributed by atoms with Gasteiger partial charge in [-0.05, 0) is 31.5 Å². The zero-order valence-corrected chi connectivity index (χ0v) is 14.0. The molecule has 3 heterocycles. The van der Waals surface area contributed by atoms with Crippen LogP contribution < -0.4 is 5.32 Å². The monoisotopic (exact) mass is 344 g/mol. The molecule has 7 heteroatoms. The van der Waals surface area contributed by atoms with E-state index >= 15 is 0 Å². The Morgan fingerprint density at radius 3 is 2.92 bits per heavy atom.